The van der Waals surface area contributed by atoms with Gasteiger partial charge in [-0.05, 0) is 58.2 Å². The Labute approximate surface area is 246 Å². The third kappa shape index (κ3) is 6.77. The molecule has 224 valence electrons. The molecule has 0 radical (unpaired) electrons. The second-order valence-electron chi connectivity index (χ2n) is 12.5. The summed E-state index contributed by atoms with van der Waals surface area (Å²) in [7, 11) is 0. The number of rotatable bonds is 6. The molecule has 4 heterocycles. The van der Waals surface area contributed by atoms with Gasteiger partial charge in [0.25, 0.3) is 0 Å². The van der Waals surface area contributed by atoms with Gasteiger partial charge in [0.2, 0.25) is 0 Å². The van der Waals surface area contributed by atoms with Gasteiger partial charge in [-0.15, -0.1) is 0 Å². The van der Waals surface area contributed by atoms with Gasteiger partial charge >= 0.3 is 5.97 Å². The zero-order valence-electron chi connectivity index (χ0n) is 25.3. The summed E-state index contributed by atoms with van der Waals surface area (Å²) in [5, 5.41) is 4.44. The van der Waals surface area contributed by atoms with Crippen LogP contribution in [0.3, 0.4) is 0 Å². The zero-order valence-corrected chi connectivity index (χ0v) is 25.3. The van der Waals surface area contributed by atoms with E-state index < -0.39 is 11.4 Å². The molecular weight excluding hydrogens is 539 g/mol. The first-order valence-electron chi connectivity index (χ1n) is 14.3. The number of carbonyl (C=O) groups excluding carboxylic acids is 1. The van der Waals surface area contributed by atoms with Crippen LogP contribution in [0.5, 0.6) is 0 Å². The Bertz CT molecular complexity index is 1470. The summed E-state index contributed by atoms with van der Waals surface area (Å²) in [4.78, 5) is 22.0. The van der Waals surface area contributed by atoms with Crippen molar-refractivity contribution in [2.24, 2.45) is 0 Å². The molecule has 0 unspecified atom stereocenters. The number of pyridine rings is 1. The number of carbonyl (C=O) groups is 1. The number of hydrogen-bond acceptors (Lipinski definition) is 8. The van der Waals surface area contributed by atoms with E-state index >= 15 is 0 Å². The molecule has 2 aliphatic heterocycles. The van der Waals surface area contributed by atoms with Crippen molar-refractivity contribution < 1.29 is 28.1 Å². The van der Waals surface area contributed by atoms with E-state index in [0.29, 0.717) is 24.7 Å². The Morgan fingerprint density at radius 3 is 2.62 bits per heavy atom. The lowest BCUT2D eigenvalue weighted by molar-refractivity contribution is -0.290. The van der Waals surface area contributed by atoms with E-state index in [9.17, 15) is 9.18 Å². The van der Waals surface area contributed by atoms with Gasteiger partial charge in [0, 0.05) is 23.1 Å². The molecule has 0 saturated carbocycles. The molecule has 1 fully saturated rings. The van der Waals surface area contributed by atoms with Gasteiger partial charge < -0.3 is 18.9 Å². The van der Waals surface area contributed by atoms with Gasteiger partial charge in [-0.1, -0.05) is 38.1 Å². The second kappa shape index (κ2) is 11.7. The summed E-state index contributed by atoms with van der Waals surface area (Å²) in [6.07, 6.45) is 5.41. The van der Waals surface area contributed by atoms with Crippen LogP contribution in [0.15, 0.2) is 36.7 Å². The summed E-state index contributed by atoms with van der Waals surface area (Å²) in [5.74, 6) is -0.152. The molecule has 1 aromatic carbocycles. The third-order valence-electron chi connectivity index (χ3n) is 6.99. The number of nitrogens with zero attached hydrogens (tertiary/aromatic N) is 4. The predicted molar refractivity (Wildman–Crippen MR) is 155 cm³/mol. The van der Waals surface area contributed by atoms with Crippen LogP contribution in [0.2, 0.25) is 0 Å². The second-order valence-corrected chi connectivity index (χ2v) is 12.5. The van der Waals surface area contributed by atoms with Crippen molar-refractivity contribution in [2.45, 2.75) is 104 Å². The molecule has 0 aliphatic carbocycles. The largest absolute Gasteiger partial charge is 0.460 e. The van der Waals surface area contributed by atoms with Gasteiger partial charge in [-0.25, -0.2) is 14.4 Å². The topological polar surface area (TPSA) is 97.6 Å². The first-order valence-corrected chi connectivity index (χ1v) is 14.3. The lowest BCUT2D eigenvalue weighted by atomic mass is 9.90. The maximum atomic E-state index is 14.0. The molecule has 0 amide bonds. The van der Waals surface area contributed by atoms with E-state index in [0.717, 1.165) is 27.9 Å². The maximum Gasteiger partial charge on any atom is 0.308 e. The van der Waals surface area contributed by atoms with Crippen molar-refractivity contribution in [3.63, 3.8) is 0 Å². The summed E-state index contributed by atoms with van der Waals surface area (Å²) in [5.41, 5.74) is 3.73. The number of halogens is 1. The van der Waals surface area contributed by atoms with E-state index in [4.69, 9.17) is 23.9 Å². The monoisotopic (exact) mass is 578 g/mol. The molecule has 1 saturated heterocycles. The normalized spacial score (nSPS) is 20.3. The highest BCUT2D eigenvalue weighted by atomic mass is 19.1. The molecule has 10 heteroatoms. The molecule has 9 nitrogen and oxygen atoms in total. The number of ether oxygens (including phenoxy) is 4. The Balaban J connectivity index is 1.57. The Morgan fingerprint density at radius 1 is 1.19 bits per heavy atom. The standard InChI is InChI=1S/C32H39FN4O5/c1-19(2)29-24(13-12-22-14-23(41-32(6,7)40-22)15-27(38)42-31(3,4)5)28(20-8-10-21(33)11-9-20)25-16-39-17-26-34-18-35-37(26)30(25)36-29/h8-13,18-19,22-23H,14-17H2,1-7H3/t22-,23-/m1/s1. The fourth-order valence-corrected chi connectivity index (χ4v) is 5.46. The molecule has 3 aromatic rings. The number of fused-ring (bicyclic) bond motifs is 3. The van der Waals surface area contributed by atoms with Gasteiger partial charge in [0.05, 0.1) is 30.9 Å². The average molecular weight is 579 g/mol. The van der Waals surface area contributed by atoms with Crippen molar-refractivity contribution in [1.82, 2.24) is 19.7 Å². The molecule has 2 atom stereocenters. The SMILES string of the molecule is CC(C)c1nc2c(c(-c3ccc(F)cc3)c1C=C[C@@H]1C[C@H](CC(=O)OC(C)(C)C)OC(C)(C)O1)COCc1ncnn1-2. The van der Waals surface area contributed by atoms with E-state index in [1.807, 2.05) is 46.8 Å². The van der Waals surface area contributed by atoms with Crippen molar-refractivity contribution in [2.75, 3.05) is 0 Å². The maximum absolute atomic E-state index is 14.0. The Kier molecular flexibility index (Phi) is 8.33. The van der Waals surface area contributed by atoms with Crippen molar-refractivity contribution in [3.05, 3.63) is 65.1 Å². The van der Waals surface area contributed by atoms with E-state index in [1.165, 1.54) is 18.5 Å². The van der Waals surface area contributed by atoms with Gasteiger partial charge in [0.15, 0.2) is 17.4 Å². The number of aromatic nitrogens is 4. The fourth-order valence-electron chi connectivity index (χ4n) is 5.46. The van der Waals surface area contributed by atoms with Gasteiger partial charge in [-0.2, -0.15) is 9.78 Å². The summed E-state index contributed by atoms with van der Waals surface area (Å²) in [6.45, 7) is 14.0. The lowest BCUT2D eigenvalue weighted by Crippen LogP contribution is -2.45. The first kappa shape index (κ1) is 30.0. The third-order valence-corrected chi connectivity index (χ3v) is 6.99. The smallest absolute Gasteiger partial charge is 0.308 e. The molecule has 2 aliphatic rings. The fraction of sp³-hybridized carbons (Fsp3) is 0.500. The summed E-state index contributed by atoms with van der Waals surface area (Å²) < 4.78 is 39.6. The van der Waals surface area contributed by atoms with Crippen molar-refractivity contribution in [1.29, 1.82) is 0 Å². The quantitative estimate of drug-likeness (QED) is 0.316. The number of benzene rings is 1. The van der Waals surface area contributed by atoms with E-state index in [1.54, 1.807) is 16.8 Å². The van der Waals surface area contributed by atoms with Gasteiger partial charge in [0.1, 0.15) is 24.4 Å². The van der Waals surface area contributed by atoms with E-state index in [2.05, 4.69) is 23.9 Å². The molecule has 5 rings (SSSR count). The van der Waals surface area contributed by atoms with Crippen LogP contribution in [0.4, 0.5) is 4.39 Å². The number of esters is 1. The summed E-state index contributed by atoms with van der Waals surface area (Å²) in [6, 6.07) is 6.44. The van der Waals surface area contributed by atoms with Crippen LogP contribution >= 0.6 is 0 Å². The highest BCUT2D eigenvalue weighted by Gasteiger charge is 2.36. The average Bonchev–Trinajstić information content (AvgIpc) is 3.27. The van der Waals surface area contributed by atoms with Crippen LogP contribution in [0.1, 0.15) is 89.9 Å². The molecule has 0 N–H and O–H groups in total. The van der Waals surface area contributed by atoms with E-state index in [-0.39, 0.29) is 42.9 Å². The van der Waals surface area contributed by atoms with Crippen LogP contribution in [-0.4, -0.2) is 49.3 Å². The Hall–Kier alpha value is -3.47. The van der Waals surface area contributed by atoms with Crippen molar-refractivity contribution >= 4 is 12.0 Å². The minimum absolute atomic E-state index is 0.0530. The van der Waals surface area contributed by atoms with Crippen LogP contribution in [0.25, 0.3) is 23.0 Å². The molecule has 0 spiro atoms. The minimum atomic E-state index is -0.899. The molecular formula is C32H39FN4O5. The molecule has 2 aromatic heterocycles. The number of hydrogen-bond donors (Lipinski definition) is 0. The molecule has 42 heavy (non-hydrogen) atoms. The lowest BCUT2D eigenvalue weighted by Gasteiger charge is -2.39. The van der Waals surface area contributed by atoms with Crippen LogP contribution in [-0.2, 0) is 37.0 Å². The van der Waals surface area contributed by atoms with Gasteiger partial charge in [-0.3, -0.25) is 4.79 Å². The summed E-state index contributed by atoms with van der Waals surface area (Å²) >= 11 is 0. The predicted octanol–water partition coefficient (Wildman–Crippen LogP) is 6.28. The van der Waals surface area contributed by atoms with Crippen LogP contribution in [0, 0.1) is 5.82 Å². The Morgan fingerprint density at radius 2 is 1.93 bits per heavy atom. The van der Waals surface area contributed by atoms with Crippen molar-refractivity contribution in [3.8, 4) is 16.9 Å². The van der Waals surface area contributed by atoms with Crippen LogP contribution < -0.4 is 0 Å². The highest BCUT2D eigenvalue weighted by molar-refractivity contribution is 5.81. The highest BCUT2D eigenvalue weighted by Crippen LogP contribution is 2.39. The zero-order chi connectivity index (χ0) is 30.2. The molecule has 0 bridgehead atoms. The minimum Gasteiger partial charge on any atom is -0.460 e. The first-order chi connectivity index (χ1) is 19.8.